The van der Waals surface area contributed by atoms with E-state index in [-0.39, 0.29) is 11.7 Å². The summed E-state index contributed by atoms with van der Waals surface area (Å²) < 4.78 is 0. The number of hydrogen-bond acceptors (Lipinski definition) is 3. The molecule has 0 aliphatic carbocycles. The smallest absolute Gasteiger partial charge is 0.225 e. The molecule has 1 atom stereocenters. The van der Waals surface area contributed by atoms with E-state index in [1.165, 1.54) is 6.92 Å². The number of benzene rings is 1. The molecule has 0 radical (unpaired) electrons. The van der Waals surface area contributed by atoms with Crippen molar-refractivity contribution in [1.82, 2.24) is 5.32 Å². The third-order valence-corrected chi connectivity index (χ3v) is 3.17. The molecule has 0 aromatic heterocycles. The number of Topliss-reactive ketones (excluding diaryl/α,β-unsaturated/α-hetero) is 1. The van der Waals surface area contributed by atoms with Gasteiger partial charge in [-0.05, 0) is 50.6 Å². The van der Waals surface area contributed by atoms with Crippen LogP contribution < -0.4 is 10.6 Å². The van der Waals surface area contributed by atoms with Crippen LogP contribution in [0.25, 0.3) is 0 Å². The van der Waals surface area contributed by atoms with Crippen LogP contribution in [0.3, 0.4) is 0 Å². The number of carbonyl (C=O) groups excluding carboxylic acids is 2. The Balaban J connectivity index is 1.88. The first-order chi connectivity index (χ1) is 8.65. The van der Waals surface area contributed by atoms with E-state index >= 15 is 0 Å². The van der Waals surface area contributed by atoms with Crippen molar-refractivity contribution in [1.29, 1.82) is 0 Å². The summed E-state index contributed by atoms with van der Waals surface area (Å²) in [4.78, 5) is 22.9. The molecule has 2 rings (SSSR count). The summed E-state index contributed by atoms with van der Waals surface area (Å²) in [5, 5.41) is 6.14. The normalized spacial score (nSPS) is 18.6. The predicted octanol–water partition coefficient (Wildman–Crippen LogP) is 1.97. The van der Waals surface area contributed by atoms with Crippen LogP contribution in [0, 0.1) is 0 Å². The summed E-state index contributed by atoms with van der Waals surface area (Å²) in [6.07, 6.45) is 2.72. The van der Waals surface area contributed by atoms with Crippen LogP contribution in [0.2, 0.25) is 0 Å². The molecule has 1 aliphatic heterocycles. The van der Waals surface area contributed by atoms with Crippen LogP contribution in [0.1, 0.15) is 36.5 Å². The van der Waals surface area contributed by atoms with Crippen LogP contribution in [0.15, 0.2) is 24.3 Å². The molecule has 2 N–H and O–H groups in total. The minimum Gasteiger partial charge on any atom is -0.326 e. The highest BCUT2D eigenvalue weighted by atomic mass is 16.1. The van der Waals surface area contributed by atoms with Gasteiger partial charge in [0.05, 0.1) is 0 Å². The second-order valence-corrected chi connectivity index (χ2v) is 4.68. The summed E-state index contributed by atoms with van der Waals surface area (Å²) in [6, 6.07) is 7.28. The number of nitrogens with one attached hydrogen (secondary N) is 2. The number of hydrogen-bond donors (Lipinski definition) is 2. The molecule has 4 heteroatoms. The molecule has 1 saturated heterocycles. The van der Waals surface area contributed by atoms with Crippen LogP contribution in [-0.4, -0.2) is 24.3 Å². The third-order valence-electron chi connectivity index (χ3n) is 3.17. The van der Waals surface area contributed by atoms with E-state index in [0.29, 0.717) is 18.0 Å². The first kappa shape index (κ1) is 12.8. The van der Waals surface area contributed by atoms with Crippen molar-refractivity contribution < 1.29 is 9.59 Å². The number of amides is 1. The Kier molecular flexibility index (Phi) is 4.10. The molecule has 96 valence electrons. The molecule has 1 aromatic rings. The van der Waals surface area contributed by atoms with Gasteiger partial charge in [-0.25, -0.2) is 0 Å². The van der Waals surface area contributed by atoms with Crippen molar-refractivity contribution in [3.63, 3.8) is 0 Å². The summed E-state index contributed by atoms with van der Waals surface area (Å²) in [5.74, 6) is 0.0491. The van der Waals surface area contributed by atoms with Gasteiger partial charge >= 0.3 is 0 Å². The topological polar surface area (TPSA) is 58.2 Å². The predicted molar refractivity (Wildman–Crippen MR) is 70.7 cm³/mol. The SMILES string of the molecule is CC(=O)c1ccc(NC(=O)CC2CCCN2)cc1. The fourth-order valence-electron chi connectivity index (χ4n) is 2.16. The molecular formula is C14H18N2O2. The van der Waals surface area contributed by atoms with E-state index in [9.17, 15) is 9.59 Å². The maximum Gasteiger partial charge on any atom is 0.225 e. The Morgan fingerprint density at radius 2 is 2.06 bits per heavy atom. The first-order valence-corrected chi connectivity index (χ1v) is 6.29. The van der Waals surface area contributed by atoms with Gasteiger partial charge in [-0.3, -0.25) is 9.59 Å². The van der Waals surface area contributed by atoms with E-state index in [0.717, 1.165) is 25.1 Å². The first-order valence-electron chi connectivity index (χ1n) is 6.29. The summed E-state index contributed by atoms with van der Waals surface area (Å²) in [5.41, 5.74) is 1.40. The van der Waals surface area contributed by atoms with Crippen molar-refractivity contribution in [3.05, 3.63) is 29.8 Å². The Morgan fingerprint density at radius 1 is 1.33 bits per heavy atom. The summed E-state index contributed by atoms with van der Waals surface area (Å²) >= 11 is 0. The number of rotatable bonds is 4. The monoisotopic (exact) mass is 246 g/mol. The standard InChI is InChI=1S/C14H18N2O2/c1-10(17)11-4-6-12(7-5-11)16-14(18)9-13-3-2-8-15-13/h4-7,13,15H,2-3,8-9H2,1H3,(H,16,18). The highest BCUT2D eigenvalue weighted by molar-refractivity contribution is 5.95. The highest BCUT2D eigenvalue weighted by Gasteiger charge is 2.17. The van der Waals surface area contributed by atoms with Gasteiger partial charge in [0, 0.05) is 23.7 Å². The van der Waals surface area contributed by atoms with Gasteiger partial charge in [0.25, 0.3) is 0 Å². The maximum atomic E-state index is 11.8. The quantitative estimate of drug-likeness (QED) is 0.798. The van der Waals surface area contributed by atoms with Gasteiger partial charge in [0.2, 0.25) is 5.91 Å². The molecule has 1 aliphatic rings. The lowest BCUT2D eigenvalue weighted by atomic mass is 10.1. The lowest BCUT2D eigenvalue weighted by molar-refractivity contribution is -0.116. The molecular weight excluding hydrogens is 228 g/mol. The number of anilines is 1. The van der Waals surface area contributed by atoms with Crippen molar-refractivity contribution in [2.45, 2.75) is 32.2 Å². The zero-order valence-electron chi connectivity index (χ0n) is 10.5. The van der Waals surface area contributed by atoms with Crippen molar-refractivity contribution in [2.24, 2.45) is 0 Å². The van der Waals surface area contributed by atoms with Crippen LogP contribution >= 0.6 is 0 Å². The lowest BCUT2D eigenvalue weighted by Gasteiger charge is -2.10. The van der Waals surface area contributed by atoms with Crippen molar-refractivity contribution in [2.75, 3.05) is 11.9 Å². The zero-order chi connectivity index (χ0) is 13.0. The van der Waals surface area contributed by atoms with Gasteiger partial charge < -0.3 is 10.6 Å². The second-order valence-electron chi connectivity index (χ2n) is 4.68. The minimum atomic E-state index is 0.0185. The molecule has 4 nitrogen and oxygen atoms in total. The Labute approximate surface area is 107 Å². The summed E-state index contributed by atoms with van der Waals surface area (Å²) in [7, 11) is 0. The van der Waals surface area contributed by atoms with Gasteiger partial charge in [0.1, 0.15) is 0 Å². The van der Waals surface area contributed by atoms with Gasteiger partial charge in [0.15, 0.2) is 5.78 Å². The zero-order valence-corrected chi connectivity index (χ0v) is 10.5. The molecule has 1 amide bonds. The largest absolute Gasteiger partial charge is 0.326 e. The van der Waals surface area contributed by atoms with Gasteiger partial charge in [-0.15, -0.1) is 0 Å². The Hall–Kier alpha value is -1.68. The Morgan fingerprint density at radius 3 is 2.61 bits per heavy atom. The number of ketones is 1. The van der Waals surface area contributed by atoms with Crippen molar-refractivity contribution >= 4 is 17.4 Å². The molecule has 1 aromatic carbocycles. The average molecular weight is 246 g/mol. The fourth-order valence-corrected chi connectivity index (χ4v) is 2.16. The van der Waals surface area contributed by atoms with Crippen LogP contribution in [0.5, 0.6) is 0 Å². The van der Waals surface area contributed by atoms with E-state index in [1.807, 2.05) is 0 Å². The molecule has 1 unspecified atom stereocenters. The van der Waals surface area contributed by atoms with E-state index in [2.05, 4.69) is 10.6 Å². The van der Waals surface area contributed by atoms with E-state index in [4.69, 9.17) is 0 Å². The molecule has 1 fully saturated rings. The molecule has 18 heavy (non-hydrogen) atoms. The van der Waals surface area contributed by atoms with E-state index in [1.54, 1.807) is 24.3 Å². The lowest BCUT2D eigenvalue weighted by Crippen LogP contribution is -2.27. The fraction of sp³-hybridized carbons (Fsp3) is 0.429. The summed E-state index contributed by atoms with van der Waals surface area (Å²) in [6.45, 7) is 2.53. The molecule has 1 heterocycles. The van der Waals surface area contributed by atoms with Crippen LogP contribution in [0.4, 0.5) is 5.69 Å². The molecule has 0 bridgehead atoms. The Bertz CT molecular complexity index is 434. The average Bonchev–Trinajstić information content (AvgIpc) is 2.82. The highest BCUT2D eigenvalue weighted by Crippen LogP contribution is 2.13. The van der Waals surface area contributed by atoms with Crippen LogP contribution in [-0.2, 0) is 4.79 Å². The third kappa shape index (κ3) is 3.40. The van der Waals surface area contributed by atoms with Gasteiger partial charge in [-0.2, -0.15) is 0 Å². The van der Waals surface area contributed by atoms with Crippen molar-refractivity contribution in [3.8, 4) is 0 Å². The number of carbonyl (C=O) groups is 2. The second kappa shape index (κ2) is 5.78. The minimum absolute atomic E-state index is 0.0185. The van der Waals surface area contributed by atoms with E-state index < -0.39 is 0 Å². The molecule has 0 saturated carbocycles. The van der Waals surface area contributed by atoms with Gasteiger partial charge in [-0.1, -0.05) is 0 Å². The molecule has 0 spiro atoms. The maximum absolute atomic E-state index is 11.8.